The van der Waals surface area contributed by atoms with Crippen molar-refractivity contribution in [1.82, 2.24) is 25.5 Å². The number of nitrogens with one attached hydrogen (secondary N) is 1. The zero-order valence-corrected chi connectivity index (χ0v) is 12.7. The molecule has 9 heteroatoms. The lowest BCUT2D eigenvalue weighted by Gasteiger charge is -2.08. The molecule has 1 aromatic heterocycles. The first-order valence-corrected chi connectivity index (χ1v) is 7.43. The highest BCUT2D eigenvalue weighted by Gasteiger charge is 2.14. The summed E-state index contributed by atoms with van der Waals surface area (Å²) >= 11 is 1.21. The van der Waals surface area contributed by atoms with Crippen molar-refractivity contribution in [2.24, 2.45) is 0 Å². The van der Waals surface area contributed by atoms with Crippen LogP contribution in [0.3, 0.4) is 0 Å². The second-order valence-electron chi connectivity index (χ2n) is 4.09. The van der Waals surface area contributed by atoms with Crippen LogP contribution < -0.4 is 10.1 Å². The summed E-state index contributed by atoms with van der Waals surface area (Å²) in [4.78, 5) is 11.6. The van der Waals surface area contributed by atoms with E-state index in [2.05, 4.69) is 20.8 Å². The van der Waals surface area contributed by atoms with Crippen molar-refractivity contribution < 1.29 is 9.53 Å². The first kappa shape index (κ1) is 15.8. The largest absolute Gasteiger partial charge is 0.494 e. The van der Waals surface area contributed by atoms with E-state index in [9.17, 15) is 4.79 Å². The van der Waals surface area contributed by atoms with Crippen LogP contribution in [0.15, 0.2) is 29.4 Å². The number of para-hydroxylation sites is 2. The lowest BCUT2D eigenvalue weighted by molar-refractivity contribution is -0.118. The summed E-state index contributed by atoms with van der Waals surface area (Å²) in [6.07, 6.45) is 0.287. The maximum Gasteiger partial charge on any atom is 0.230 e. The average Bonchev–Trinajstić information content (AvgIpc) is 3.01. The van der Waals surface area contributed by atoms with Gasteiger partial charge in [0.05, 0.1) is 25.4 Å². The van der Waals surface area contributed by atoms with Crippen molar-refractivity contribution in [3.05, 3.63) is 24.3 Å². The van der Waals surface area contributed by atoms with Gasteiger partial charge in [-0.1, -0.05) is 23.9 Å². The molecule has 0 saturated carbocycles. The van der Waals surface area contributed by atoms with Crippen molar-refractivity contribution in [2.75, 3.05) is 19.4 Å². The summed E-state index contributed by atoms with van der Waals surface area (Å²) in [5, 5.41) is 23.0. The Balaban J connectivity index is 2.04. The van der Waals surface area contributed by atoms with Gasteiger partial charge in [0.2, 0.25) is 11.1 Å². The zero-order chi connectivity index (χ0) is 15.8. The number of rotatable bonds is 7. The minimum absolute atomic E-state index is 0.168. The Labute approximate surface area is 131 Å². The second-order valence-corrected chi connectivity index (χ2v) is 5.03. The van der Waals surface area contributed by atoms with Crippen LogP contribution in [-0.4, -0.2) is 45.5 Å². The second kappa shape index (κ2) is 7.99. The van der Waals surface area contributed by atoms with E-state index >= 15 is 0 Å². The van der Waals surface area contributed by atoms with E-state index < -0.39 is 0 Å². The van der Waals surface area contributed by atoms with E-state index in [0.29, 0.717) is 23.1 Å². The molecule has 2 rings (SSSR count). The minimum Gasteiger partial charge on any atom is -0.494 e. The van der Waals surface area contributed by atoms with Crippen LogP contribution in [0.2, 0.25) is 0 Å². The SMILES string of the molecule is COc1ccccc1-n1nnnc1SCC(=O)NCCC#N. The fraction of sp³-hybridized carbons (Fsp3) is 0.308. The molecular weight excluding hydrogens is 304 g/mol. The molecule has 1 N–H and O–H groups in total. The number of aromatic nitrogens is 4. The van der Waals surface area contributed by atoms with Gasteiger partial charge in [0.25, 0.3) is 0 Å². The Hall–Kier alpha value is -2.60. The molecule has 0 atom stereocenters. The Morgan fingerprint density at radius 3 is 3.09 bits per heavy atom. The van der Waals surface area contributed by atoms with Crippen molar-refractivity contribution in [1.29, 1.82) is 5.26 Å². The van der Waals surface area contributed by atoms with Gasteiger partial charge in [0.15, 0.2) is 0 Å². The van der Waals surface area contributed by atoms with E-state index in [1.54, 1.807) is 13.2 Å². The molecule has 114 valence electrons. The van der Waals surface area contributed by atoms with E-state index in [0.717, 1.165) is 0 Å². The maximum absolute atomic E-state index is 11.6. The summed E-state index contributed by atoms with van der Waals surface area (Å²) in [7, 11) is 1.57. The van der Waals surface area contributed by atoms with Gasteiger partial charge in [0, 0.05) is 6.54 Å². The fourth-order valence-electron chi connectivity index (χ4n) is 1.66. The van der Waals surface area contributed by atoms with Crippen LogP contribution in [0.4, 0.5) is 0 Å². The van der Waals surface area contributed by atoms with Crippen LogP contribution in [-0.2, 0) is 4.79 Å². The Morgan fingerprint density at radius 1 is 1.50 bits per heavy atom. The quantitative estimate of drug-likeness (QED) is 0.594. The summed E-state index contributed by atoms with van der Waals surface area (Å²) < 4.78 is 6.80. The molecule has 0 aliphatic carbocycles. The molecule has 0 radical (unpaired) electrons. The van der Waals surface area contributed by atoms with E-state index in [1.165, 1.54) is 16.4 Å². The number of nitriles is 1. The van der Waals surface area contributed by atoms with Crippen molar-refractivity contribution in [2.45, 2.75) is 11.6 Å². The summed E-state index contributed by atoms with van der Waals surface area (Å²) in [5.41, 5.74) is 0.697. The molecule has 0 spiro atoms. The first-order chi connectivity index (χ1) is 10.8. The standard InChI is InChI=1S/C13H14N6O2S/c1-21-11-6-3-2-5-10(11)19-13(16-17-18-19)22-9-12(20)15-8-4-7-14/h2-3,5-6H,4,8-9H2,1H3,(H,15,20). The smallest absolute Gasteiger partial charge is 0.230 e. The van der Waals surface area contributed by atoms with Gasteiger partial charge in [-0.15, -0.1) is 5.10 Å². The molecule has 0 bridgehead atoms. The van der Waals surface area contributed by atoms with Gasteiger partial charge in [-0.25, -0.2) is 0 Å². The summed E-state index contributed by atoms with van der Waals surface area (Å²) in [6.45, 7) is 0.341. The molecule has 1 heterocycles. The van der Waals surface area contributed by atoms with Crippen molar-refractivity contribution >= 4 is 17.7 Å². The Bertz CT molecular complexity index is 681. The molecule has 1 amide bonds. The van der Waals surface area contributed by atoms with Crippen LogP contribution in [0.5, 0.6) is 5.75 Å². The zero-order valence-electron chi connectivity index (χ0n) is 11.9. The number of hydrogen-bond acceptors (Lipinski definition) is 7. The Morgan fingerprint density at radius 2 is 2.32 bits per heavy atom. The molecular formula is C13H14N6O2S. The van der Waals surface area contributed by atoms with Gasteiger partial charge in [-0.3, -0.25) is 4.79 Å². The summed E-state index contributed by atoms with van der Waals surface area (Å²) in [5.74, 6) is 0.631. The monoisotopic (exact) mass is 318 g/mol. The van der Waals surface area contributed by atoms with E-state index in [1.807, 2.05) is 24.3 Å². The van der Waals surface area contributed by atoms with Crippen molar-refractivity contribution in [3.8, 4) is 17.5 Å². The highest BCUT2D eigenvalue weighted by molar-refractivity contribution is 7.99. The van der Waals surface area contributed by atoms with Gasteiger partial charge < -0.3 is 10.1 Å². The van der Waals surface area contributed by atoms with Crippen LogP contribution in [0, 0.1) is 11.3 Å². The molecule has 0 saturated heterocycles. The van der Waals surface area contributed by atoms with E-state index in [4.69, 9.17) is 10.00 Å². The first-order valence-electron chi connectivity index (χ1n) is 6.44. The molecule has 2 aromatic rings. The number of carbonyl (C=O) groups is 1. The lowest BCUT2D eigenvalue weighted by Crippen LogP contribution is -2.26. The average molecular weight is 318 g/mol. The number of carbonyl (C=O) groups excluding carboxylic acids is 1. The molecule has 0 aliphatic rings. The minimum atomic E-state index is -0.171. The predicted molar refractivity (Wildman–Crippen MR) is 79.7 cm³/mol. The molecule has 22 heavy (non-hydrogen) atoms. The van der Waals surface area contributed by atoms with Gasteiger partial charge in [0.1, 0.15) is 11.4 Å². The lowest BCUT2D eigenvalue weighted by atomic mass is 10.3. The van der Waals surface area contributed by atoms with Gasteiger partial charge >= 0.3 is 0 Å². The highest BCUT2D eigenvalue weighted by atomic mass is 32.2. The third-order valence-electron chi connectivity index (χ3n) is 2.65. The molecule has 8 nitrogen and oxygen atoms in total. The highest BCUT2D eigenvalue weighted by Crippen LogP contribution is 2.25. The number of methoxy groups -OCH3 is 1. The predicted octanol–water partition coefficient (Wildman–Crippen LogP) is 0.793. The normalized spacial score (nSPS) is 10.0. The van der Waals surface area contributed by atoms with Crippen molar-refractivity contribution in [3.63, 3.8) is 0 Å². The molecule has 0 fully saturated rings. The Kier molecular flexibility index (Phi) is 5.73. The van der Waals surface area contributed by atoms with Crippen LogP contribution >= 0.6 is 11.8 Å². The number of amides is 1. The number of benzene rings is 1. The number of thioether (sulfide) groups is 1. The number of hydrogen-bond donors (Lipinski definition) is 1. The maximum atomic E-state index is 11.6. The van der Waals surface area contributed by atoms with Crippen LogP contribution in [0.25, 0.3) is 5.69 Å². The van der Waals surface area contributed by atoms with E-state index in [-0.39, 0.29) is 18.1 Å². The number of tetrazole rings is 1. The van der Waals surface area contributed by atoms with Gasteiger partial charge in [-0.05, 0) is 22.6 Å². The third-order valence-corrected chi connectivity index (χ3v) is 3.56. The number of nitrogens with zero attached hydrogens (tertiary/aromatic N) is 5. The number of ether oxygens (including phenoxy) is 1. The topological polar surface area (TPSA) is 106 Å². The summed E-state index contributed by atoms with van der Waals surface area (Å²) in [6, 6.07) is 9.29. The van der Waals surface area contributed by atoms with Crippen LogP contribution in [0.1, 0.15) is 6.42 Å². The molecule has 0 unspecified atom stereocenters. The molecule has 0 aliphatic heterocycles. The third kappa shape index (κ3) is 3.95. The van der Waals surface area contributed by atoms with Gasteiger partial charge in [-0.2, -0.15) is 9.94 Å². The fourth-order valence-corrected chi connectivity index (χ4v) is 2.38. The molecule has 1 aromatic carbocycles.